The van der Waals surface area contributed by atoms with Crippen molar-refractivity contribution in [2.75, 3.05) is 0 Å². The van der Waals surface area contributed by atoms with E-state index in [1.807, 2.05) is 23.9 Å². The molecule has 1 saturated carbocycles. The van der Waals surface area contributed by atoms with Crippen LogP contribution in [0, 0.1) is 6.92 Å². The molecule has 2 aromatic rings. The Morgan fingerprint density at radius 1 is 1.35 bits per heavy atom. The highest BCUT2D eigenvalue weighted by Gasteiger charge is 2.27. The average molecular weight is 335 g/mol. The van der Waals surface area contributed by atoms with Gasteiger partial charge in [0.15, 0.2) is 0 Å². The van der Waals surface area contributed by atoms with E-state index in [4.69, 9.17) is 11.6 Å². The van der Waals surface area contributed by atoms with Crippen LogP contribution in [0.1, 0.15) is 48.5 Å². The minimum atomic E-state index is -0.0628. The van der Waals surface area contributed by atoms with Gasteiger partial charge in [0.05, 0.1) is 18.8 Å². The van der Waals surface area contributed by atoms with Crippen LogP contribution in [-0.2, 0) is 13.2 Å². The minimum absolute atomic E-state index is 0.0628. The van der Waals surface area contributed by atoms with Crippen molar-refractivity contribution in [1.29, 1.82) is 0 Å². The first-order chi connectivity index (χ1) is 11.2. The molecule has 1 aliphatic rings. The molecule has 1 aromatic carbocycles. The summed E-state index contributed by atoms with van der Waals surface area (Å²) in [6.45, 7) is 2.75. The summed E-state index contributed by atoms with van der Waals surface area (Å²) < 4.78 is 1.91. The molecule has 0 bridgehead atoms. The van der Waals surface area contributed by atoms with E-state index < -0.39 is 0 Å². The number of rotatable bonds is 5. The smallest absolute Gasteiger partial charge is 0.108 e. The Balaban J connectivity index is 1.67. The maximum atomic E-state index is 9.17. The second-order valence-corrected chi connectivity index (χ2v) is 6.68. The molecule has 0 aliphatic heterocycles. The molecule has 1 aliphatic carbocycles. The monoisotopic (exact) mass is 334 g/mol. The average Bonchev–Trinajstić information content (AvgIpc) is 3.05. The van der Waals surface area contributed by atoms with Crippen molar-refractivity contribution < 1.29 is 5.11 Å². The number of aromatic nitrogens is 3. The fraction of sp³-hybridized carbons (Fsp3) is 0.529. The van der Waals surface area contributed by atoms with Crippen molar-refractivity contribution in [3.05, 3.63) is 46.2 Å². The van der Waals surface area contributed by atoms with E-state index in [0.717, 1.165) is 30.0 Å². The first kappa shape index (κ1) is 16.4. The zero-order valence-corrected chi connectivity index (χ0v) is 14.1. The lowest BCUT2D eigenvalue weighted by atomic mass is 9.90. The van der Waals surface area contributed by atoms with Crippen LogP contribution in [0.15, 0.2) is 24.4 Å². The largest absolute Gasteiger partial charge is 0.390 e. The fourth-order valence-corrected chi connectivity index (χ4v) is 3.41. The molecule has 2 N–H and O–H groups in total. The third kappa shape index (κ3) is 3.91. The molecule has 2 atom stereocenters. The van der Waals surface area contributed by atoms with Gasteiger partial charge in [-0.3, -0.25) is 0 Å². The summed E-state index contributed by atoms with van der Waals surface area (Å²) in [6.07, 6.45) is 6.49. The number of hydrogen-bond donors (Lipinski definition) is 2. The van der Waals surface area contributed by atoms with Crippen LogP contribution in [0.3, 0.4) is 0 Å². The number of aliphatic hydroxyl groups excluding tert-OH is 1. The van der Waals surface area contributed by atoms with Gasteiger partial charge in [0, 0.05) is 17.6 Å². The molecule has 6 heteroatoms. The van der Waals surface area contributed by atoms with Gasteiger partial charge >= 0.3 is 0 Å². The van der Waals surface area contributed by atoms with Gasteiger partial charge in [0.2, 0.25) is 0 Å². The lowest BCUT2D eigenvalue weighted by Crippen LogP contribution is -2.39. The molecule has 3 rings (SSSR count). The van der Waals surface area contributed by atoms with Gasteiger partial charge in [-0.05, 0) is 37.0 Å². The van der Waals surface area contributed by atoms with E-state index in [0.29, 0.717) is 11.7 Å². The molecule has 0 saturated heterocycles. The third-order valence-electron chi connectivity index (χ3n) is 4.59. The van der Waals surface area contributed by atoms with Crippen LogP contribution in [0.25, 0.3) is 0 Å². The van der Waals surface area contributed by atoms with Gasteiger partial charge in [-0.25, -0.2) is 4.68 Å². The highest BCUT2D eigenvalue weighted by molar-refractivity contribution is 6.31. The molecule has 0 radical (unpaired) electrons. The number of hydrogen-bond acceptors (Lipinski definition) is 4. The third-order valence-corrected chi connectivity index (χ3v) is 5.00. The van der Waals surface area contributed by atoms with Crippen LogP contribution in [0.5, 0.6) is 0 Å². The summed E-state index contributed by atoms with van der Waals surface area (Å²) in [4.78, 5) is 0. The SMILES string of the molecule is Cc1ccc(CN[C@H]2CCCC[C@H]2n2cc(CO)nn2)cc1Cl. The number of aryl methyl sites for hydroxylation is 1. The number of halogens is 1. The second kappa shape index (κ2) is 7.43. The van der Waals surface area contributed by atoms with Gasteiger partial charge in [0.25, 0.3) is 0 Å². The second-order valence-electron chi connectivity index (χ2n) is 6.27. The van der Waals surface area contributed by atoms with E-state index in [1.165, 1.54) is 18.4 Å². The standard InChI is InChI=1S/C17H23ClN4O/c1-12-6-7-13(8-15(12)18)9-19-16-4-2-3-5-17(16)22-10-14(11-23)20-21-22/h6-8,10,16-17,19,23H,2-5,9,11H2,1H3/t16-,17+/m0/s1. The van der Waals surface area contributed by atoms with Gasteiger partial charge in [-0.15, -0.1) is 5.10 Å². The Hall–Kier alpha value is -1.43. The Labute approximate surface area is 141 Å². The fourth-order valence-electron chi connectivity index (χ4n) is 3.21. The summed E-state index contributed by atoms with van der Waals surface area (Å²) >= 11 is 6.20. The lowest BCUT2D eigenvalue weighted by molar-refractivity contribution is 0.242. The van der Waals surface area contributed by atoms with Crippen LogP contribution in [0.2, 0.25) is 5.02 Å². The van der Waals surface area contributed by atoms with Gasteiger partial charge in [-0.2, -0.15) is 0 Å². The topological polar surface area (TPSA) is 63.0 Å². The van der Waals surface area contributed by atoms with E-state index >= 15 is 0 Å². The van der Waals surface area contributed by atoms with Crippen LogP contribution in [0.4, 0.5) is 0 Å². The molecule has 0 spiro atoms. The van der Waals surface area contributed by atoms with Crippen molar-refractivity contribution in [1.82, 2.24) is 20.3 Å². The summed E-state index contributed by atoms with van der Waals surface area (Å²) in [7, 11) is 0. The van der Waals surface area contributed by atoms with Crippen LogP contribution in [-0.4, -0.2) is 26.1 Å². The highest BCUT2D eigenvalue weighted by atomic mass is 35.5. The molecule has 1 fully saturated rings. The van der Waals surface area contributed by atoms with Gasteiger partial charge in [0.1, 0.15) is 5.69 Å². The zero-order chi connectivity index (χ0) is 16.2. The number of benzene rings is 1. The number of nitrogens with one attached hydrogen (secondary N) is 1. The number of nitrogens with zero attached hydrogens (tertiary/aromatic N) is 3. The van der Waals surface area contributed by atoms with E-state index in [2.05, 4.69) is 27.8 Å². The highest BCUT2D eigenvalue weighted by Crippen LogP contribution is 2.28. The molecule has 0 unspecified atom stereocenters. The molecule has 124 valence electrons. The lowest BCUT2D eigenvalue weighted by Gasteiger charge is -2.32. The zero-order valence-electron chi connectivity index (χ0n) is 13.4. The quantitative estimate of drug-likeness (QED) is 0.882. The molecule has 1 heterocycles. The van der Waals surface area contributed by atoms with Crippen LogP contribution < -0.4 is 5.32 Å². The minimum Gasteiger partial charge on any atom is -0.390 e. The molecular formula is C17H23ClN4O. The van der Waals surface area contributed by atoms with E-state index in [9.17, 15) is 5.11 Å². The van der Waals surface area contributed by atoms with Gasteiger partial charge in [-0.1, -0.05) is 41.8 Å². The van der Waals surface area contributed by atoms with E-state index in [1.54, 1.807) is 0 Å². The van der Waals surface area contributed by atoms with Crippen molar-refractivity contribution in [2.24, 2.45) is 0 Å². The summed E-state index contributed by atoms with van der Waals surface area (Å²) in [5, 5.41) is 21.8. The Bertz CT molecular complexity index is 658. The number of aliphatic hydroxyl groups is 1. The predicted molar refractivity (Wildman–Crippen MR) is 90.3 cm³/mol. The normalized spacial score (nSPS) is 21.5. The predicted octanol–water partition coefficient (Wildman–Crippen LogP) is 3.01. The van der Waals surface area contributed by atoms with Crippen molar-refractivity contribution >= 4 is 11.6 Å². The van der Waals surface area contributed by atoms with E-state index in [-0.39, 0.29) is 12.6 Å². The Morgan fingerprint density at radius 3 is 2.91 bits per heavy atom. The molecular weight excluding hydrogens is 312 g/mol. The maximum absolute atomic E-state index is 9.17. The van der Waals surface area contributed by atoms with Crippen molar-refractivity contribution in [3.63, 3.8) is 0 Å². The Morgan fingerprint density at radius 2 is 2.17 bits per heavy atom. The Kier molecular flexibility index (Phi) is 5.30. The van der Waals surface area contributed by atoms with Crippen molar-refractivity contribution in [2.45, 2.75) is 57.8 Å². The molecule has 23 heavy (non-hydrogen) atoms. The van der Waals surface area contributed by atoms with Crippen molar-refractivity contribution in [3.8, 4) is 0 Å². The summed E-state index contributed by atoms with van der Waals surface area (Å²) in [5.41, 5.74) is 2.92. The van der Waals surface area contributed by atoms with Crippen LogP contribution >= 0.6 is 11.6 Å². The summed E-state index contributed by atoms with van der Waals surface area (Å²) in [6, 6.07) is 6.85. The first-order valence-corrected chi connectivity index (χ1v) is 8.55. The molecule has 0 amide bonds. The first-order valence-electron chi connectivity index (χ1n) is 8.17. The summed E-state index contributed by atoms with van der Waals surface area (Å²) in [5.74, 6) is 0. The molecule has 5 nitrogen and oxygen atoms in total. The van der Waals surface area contributed by atoms with Gasteiger partial charge < -0.3 is 10.4 Å². The molecule has 1 aromatic heterocycles. The maximum Gasteiger partial charge on any atom is 0.108 e.